The fourth-order valence-corrected chi connectivity index (χ4v) is 3.63. The van der Waals surface area contributed by atoms with Gasteiger partial charge in [0.05, 0.1) is 17.2 Å². The van der Waals surface area contributed by atoms with Crippen LogP contribution in [0, 0.1) is 6.92 Å². The summed E-state index contributed by atoms with van der Waals surface area (Å²) in [4.78, 5) is 17.0. The fraction of sp³-hybridized carbons (Fsp3) is 0.125. The Balaban J connectivity index is 1.49. The summed E-state index contributed by atoms with van der Waals surface area (Å²) < 4.78 is 11.2. The van der Waals surface area contributed by atoms with Crippen LogP contribution in [0.15, 0.2) is 59.0 Å². The molecule has 0 atom stereocenters. The first kappa shape index (κ1) is 22.6. The molecular formula is C24H20ClN3O4S. The number of hydrogen-bond acceptors (Lipinski definition) is 6. The van der Waals surface area contributed by atoms with Crippen LogP contribution in [0.25, 0.3) is 22.6 Å². The predicted molar refractivity (Wildman–Crippen MR) is 132 cm³/mol. The van der Waals surface area contributed by atoms with Gasteiger partial charge in [0, 0.05) is 11.3 Å². The molecule has 0 radical (unpaired) electrons. The van der Waals surface area contributed by atoms with Crippen LogP contribution in [0.4, 0.5) is 5.69 Å². The lowest BCUT2D eigenvalue weighted by atomic mass is 10.1. The summed E-state index contributed by atoms with van der Waals surface area (Å²) in [5.41, 5.74) is 3.61. The van der Waals surface area contributed by atoms with E-state index >= 15 is 0 Å². The average Bonchev–Trinajstić information content (AvgIpc) is 3.19. The Hall–Kier alpha value is -3.62. The molecule has 1 heterocycles. The van der Waals surface area contributed by atoms with Crippen LogP contribution in [0.3, 0.4) is 0 Å². The van der Waals surface area contributed by atoms with Gasteiger partial charge in [-0.15, -0.1) is 0 Å². The third kappa shape index (κ3) is 5.08. The van der Waals surface area contributed by atoms with Gasteiger partial charge in [-0.25, -0.2) is 4.98 Å². The summed E-state index contributed by atoms with van der Waals surface area (Å²) in [6.45, 7) is 4.28. The minimum absolute atomic E-state index is 0.00260. The third-order valence-corrected chi connectivity index (χ3v) is 5.25. The number of aryl methyl sites for hydroxylation is 1. The number of thiocarbonyl (C=S) groups is 1. The zero-order valence-corrected chi connectivity index (χ0v) is 19.4. The number of aromatic nitrogens is 1. The van der Waals surface area contributed by atoms with Gasteiger partial charge in [-0.1, -0.05) is 17.7 Å². The highest BCUT2D eigenvalue weighted by Gasteiger charge is 2.15. The number of phenols is 1. The smallest absolute Gasteiger partial charge is 0.257 e. The first-order chi connectivity index (χ1) is 15.8. The number of phenolic OH excluding ortho intramolecular Hbond substituents is 1. The standard InChI is InChI=1S/C24H20ClN3O4S/c1-3-31-20-9-5-14(11-17(20)25)22(30)28-24(33)26-15-6-8-19(29)16(12-15)23-27-18-7-4-13(2)10-21(18)32-23/h4-12,29H,3H2,1-2H3,(H2,26,28,30,33). The van der Waals surface area contributed by atoms with E-state index in [4.69, 9.17) is 33.0 Å². The molecule has 0 spiro atoms. The normalized spacial score (nSPS) is 10.8. The lowest BCUT2D eigenvalue weighted by Gasteiger charge is -2.12. The predicted octanol–water partition coefficient (Wildman–Crippen LogP) is 5.69. The van der Waals surface area contributed by atoms with Crippen molar-refractivity contribution >= 4 is 51.6 Å². The molecule has 168 valence electrons. The van der Waals surface area contributed by atoms with E-state index in [1.807, 2.05) is 32.0 Å². The van der Waals surface area contributed by atoms with Crippen molar-refractivity contribution in [3.63, 3.8) is 0 Å². The number of rotatable bonds is 5. The van der Waals surface area contributed by atoms with Gasteiger partial charge in [0.25, 0.3) is 5.91 Å². The van der Waals surface area contributed by atoms with Gasteiger partial charge in [-0.05, 0) is 80.2 Å². The highest BCUT2D eigenvalue weighted by molar-refractivity contribution is 7.80. The Labute approximate surface area is 200 Å². The molecule has 0 saturated carbocycles. The summed E-state index contributed by atoms with van der Waals surface area (Å²) in [5, 5.41) is 16.3. The van der Waals surface area contributed by atoms with E-state index in [0.717, 1.165) is 5.56 Å². The van der Waals surface area contributed by atoms with Crippen LogP contribution in [-0.4, -0.2) is 27.7 Å². The maximum Gasteiger partial charge on any atom is 0.257 e. The molecule has 1 amide bonds. The van der Waals surface area contributed by atoms with Crippen LogP contribution in [0.1, 0.15) is 22.8 Å². The number of oxazole rings is 1. The molecular weight excluding hydrogens is 462 g/mol. The zero-order valence-electron chi connectivity index (χ0n) is 17.8. The maximum absolute atomic E-state index is 12.5. The number of amides is 1. The van der Waals surface area contributed by atoms with Gasteiger partial charge in [0.1, 0.15) is 17.0 Å². The molecule has 0 aliphatic carbocycles. The number of nitrogens with one attached hydrogen (secondary N) is 2. The second-order valence-electron chi connectivity index (χ2n) is 7.21. The van der Waals surface area contributed by atoms with Crippen molar-refractivity contribution < 1.29 is 19.1 Å². The van der Waals surface area contributed by atoms with Crippen LogP contribution < -0.4 is 15.4 Å². The number of nitrogens with zero attached hydrogens (tertiary/aromatic N) is 1. The monoisotopic (exact) mass is 481 g/mol. The van der Waals surface area contributed by atoms with E-state index in [-0.39, 0.29) is 16.8 Å². The summed E-state index contributed by atoms with van der Waals surface area (Å²) in [5.74, 6) is 0.353. The van der Waals surface area contributed by atoms with Gasteiger partial charge in [-0.2, -0.15) is 0 Å². The Bertz CT molecular complexity index is 1370. The molecule has 0 aliphatic rings. The van der Waals surface area contributed by atoms with Crippen molar-refractivity contribution in [3.8, 4) is 23.0 Å². The molecule has 0 saturated heterocycles. The van der Waals surface area contributed by atoms with Crippen LogP contribution in [0.5, 0.6) is 11.5 Å². The van der Waals surface area contributed by atoms with Gasteiger partial charge in [0.2, 0.25) is 5.89 Å². The molecule has 1 aromatic heterocycles. The van der Waals surface area contributed by atoms with E-state index in [1.165, 1.54) is 12.1 Å². The number of benzene rings is 3. The molecule has 0 bridgehead atoms. The summed E-state index contributed by atoms with van der Waals surface area (Å²) in [6.07, 6.45) is 0. The van der Waals surface area contributed by atoms with Crippen molar-refractivity contribution in [2.45, 2.75) is 13.8 Å². The highest BCUT2D eigenvalue weighted by atomic mass is 35.5. The lowest BCUT2D eigenvalue weighted by molar-refractivity contribution is 0.0977. The third-order valence-electron chi connectivity index (χ3n) is 4.75. The minimum Gasteiger partial charge on any atom is -0.507 e. The number of carbonyl (C=O) groups is 1. The second-order valence-corrected chi connectivity index (χ2v) is 8.02. The number of anilines is 1. The molecule has 0 unspecified atom stereocenters. The molecule has 7 nitrogen and oxygen atoms in total. The number of ether oxygens (including phenoxy) is 1. The number of halogens is 1. The van der Waals surface area contributed by atoms with Crippen LogP contribution in [0.2, 0.25) is 5.02 Å². The van der Waals surface area contributed by atoms with E-state index in [1.54, 1.807) is 24.3 Å². The molecule has 4 rings (SSSR count). The molecule has 33 heavy (non-hydrogen) atoms. The number of fused-ring (bicyclic) bond motifs is 1. The van der Waals surface area contributed by atoms with Crippen LogP contribution >= 0.6 is 23.8 Å². The quantitative estimate of drug-likeness (QED) is 0.249. The van der Waals surface area contributed by atoms with E-state index in [0.29, 0.717) is 45.3 Å². The molecule has 0 aliphatic heterocycles. The van der Waals surface area contributed by atoms with Crippen molar-refractivity contribution in [2.24, 2.45) is 0 Å². The van der Waals surface area contributed by atoms with Crippen LogP contribution in [-0.2, 0) is 0 Å². The SMILES string of the molecule is CCOc1ccc(C(=O)NC(=S)Nc2ccc(O)c(-c3nc4ccc(C)cc4o3)c2)cc1Cl. The van der Waals surface area contributed by atoms with Crippen molar-refractivity contribution in [3.05, 3.63) is 70.7 Å². The minimum atomic E-state index is -0.425. The average molecular weight is 482 g/mol. The molecule has 3 N–H and O–H groups in total. The molecule has 4 aromatic rings. The van der Waals surface area contributed by atoms with Gasteiger partial charge < -0.3 is 19.6 Å². The van der Waals surface area contributed by atoms with E-state index < -0.39 is 5.91 Å². The fourth-order valence-electron chi connectivity index (χ4n) is 3.18. The number of carbonyl (C=O) groups excluding carboxylic acids is 1. The lowest BCUT2D eigenvalue weighted by Crippen LogP contribution is -2.34. The van der Waals surface area contributed by atoms with Crippen molar-refractivity contribution in [2.75, 3.05) is 11.9 Å². The van der Waals surface area contributed by atoms with Gasteiger partial charge >= 0.3 is 0 Å². The first-order valence-corrected chi connectivity index (χ1v) is 10.9. The Morgan fingerprint density at radius 3 is 2.76 bits per heavy atom. The largest absolute Gasteiger partial charge is 0.507 e. The van der Waals surface area contributed by atoms with E-state index in [2.05, 4.69) is 15.6 Å². The maximum atomic E-state index is 12.5. The molecule has 0 fully saturated rings. The zero-order chi connectivity index (χ0) is 23.5. The number of hydrogen-bond donors (Lipinski definition) is 3. The second kappa shape index (κ2) is 9.48. The Morgan fingerprint density at radius 1 is 1.18 bits per heavy atom. The molecule has 9 heteroatoms. The summed E-state index contributed by atoms with van der Waals surface area (Å²) in [6, 6.07) is 15.2. The summed E-state index contributed by atoms with van der Waals surface area (Å²) >= 11 is 11.4. The molecule has 3 aromatic carbocycles. The highest BCUT2D eigenvalue weighted by Crippen LogP contribution is 2.33. The first-order valence-electron chi connectivity index (χ1n) is 10.1. The summed E-state index contributed by atoms with van der Waals surface area (Å²) in [7, 11) is 0. The van der Waals surface area contributed by atoms with Crippen molar-refractivity contribution in [1.29, 1.82) is 0 Å². The van der Waals surface area contributed by atoms with Crippen molar-refractivity contribution in [1.82, 2.24) is 10.3 Å². The topological polar surface area (TPSA) is 96.6 Å². The Kier molecular flexibility index (Phi) is 6.48. The number of aromatic hydroxyl groups is 1. The van der Waals surface area contributed by atoms with Gasteiger partial charge in [0.15, 0.2) is 10.7 Å². The Morgan fingerprint density at radius 2 is 2.00 bits per heavy atom. The van der Waals surface area contributed by atoms with E-state index in [9.17, 15) is 9.90 Å². The van der Waals surface area contributed by atoms with Gasteiger partial charge in [-0.3, -0.25) is 10.1 Å².